The number of ketones is 1. The summed E-state index contributed by atoms with van der Waals surface area (Å²) in [4.78, 5) is 24.2. The lowest BCUT2D eigenvalue weighted by Crippen LogP contribution is -2.41. The van der Waals surface area contributed by atoms with Crippen molar-refractivity contribution < 1.29 is 18.0 Å². The number of rotatable bonds is 5. The van der Waals surface area contributed by atoms with Crippen molar-refractivity contribution in [1.29, 1.82) is 0 Å². The number of piperidine rings is 1. The first kappa shape index (κ1) is 20.2. The number of nitrogens with zero attached hydrogens (tertiary/aromatic N) is 3. The number of hydrogen-bond donors (Lipinski definition) is 1. The Morgan fingerprint density at radius 2 is 1.86 bits per heavy atom. The lowest BCUT2D eigenvalue weighted by atomic mass is 9.97. The van der Waals surface area contributed by atoms with E-state index in [-0.39, 0.29) is 35.6 Å². The molecule has 1 aromatic carbocycles. The van der Waals surface area contributed by atoms with Crippen molar-refractivity contribution in [2.24, 2.45) is 13.0 Å². The van der Waals surface area contributed by atoms with Crippen molar-refractivity contribution in [2.75, 3.05) is 18.4 Å². The number of aromatic nitrogens is 2. The van der Waals surface area contributed by atoms with E-state index < -0.39 is 10.0 Å². The Morgan fingerprint density at radius 1 is 1.18 bits per heavy atom. The molecule has 2 aromatic rings. The Bertz CT molecular complexity index is 1000. The van der Waals surface area contributed by atoms with E-state index in [1.165, 1.54) is 23.4 Å². The molecule has 0 saturated carbocycles. The van der Waals surface area contributed by atoms with Gasteiger partial charge in [-0.2, -0.15) is 9.40 Å². The fraction of sp³-hybridized carbons (Fsp3) is 0.421. The molecular formula is C19H24N4O4S. The molecule has 9 heteroatoms. The Labute approximate surface area is 164 Å². The minimum atomic E-state index is -3.69. The van der Waals surface area contributed by atoms with Crippen LogP contribution in [0.25, 0.3) is 0 Å². The van der Waals surface area contributed by atoms with E-state index in [0.29, 0.717) is 24.2 Å². The third-order valence-corrected chi connectivity index (χ3v) is 6.85. The Kier molecular flexibility index (Phi) is 5.66. The second-order valence-electron chi connectivity index (χ2n) is 7.05. The number of Topliss-reactive ketones (excluding diaryl/α,β-unsaturated/α-hetero) is 1. The zero-order valence-corrected chi connectivity index (χ0v) is 17.0. The van der Waals surface area contributed by atoms with Crippen LogP contribution in [0.3, 0.4) is 0 Å². The van der Waals surface area contributed by atoms with Gasteiger partial charge in [0.15, 0.2) is 5.78 Å². The molecule has 0 radical (unpaired) electrons. The molecular weight excluding hydrogens is 380 g/mol. The minimum Gasteiger partial charge on any atom is -0.311 e. The molecule has 0 unspecified atom stereocenters. The molecule has 0 atom stereocenters. The SMILES string of the molecule is CC(=O)c1cccc(S(=O)(=O)N2CCC(C(=O)Nc3cc(C)nn3C)CC2)c1. The van der Waals surface area contributed by atoms with Crippen LogP contribution in [-0.2, 0) is 21.9 Å². The summed E-state index contributed by atoms with van der Waals surface area (Å²) in [6.45, 7) is 3.77. The highest BCUT2D eigenvalue weighted by Crippen LogP contribution is 2.25. The molecule has 1 fully saturated rings. The maximum Gasteiger partial charge on any atom is 0.243 e. The number of amides is 1. The molecule has 1 amide bonds. The van der Waals surface area contributed by atoms with Crippen molar-refractivity contribution >= 4 is 27.5 Å². The van der Waals surface area contributed by atoms with Crippen molar-refractivity contribution in [3.63, 3.8) is 0 Å². The Balaban J connectivity index is 1.66. The van der Waals surface area contributed by atoms with Crippen LogP contribution in [0.1, 0.15) is 35.8 Å². The minimum absolute atomic E-state index is 0.105. The summed E-state index contributed by atoms with van der Waals surface area (Å²) < 4.78 is 28.7. The van der Waals surface area contributed by atoms with E-state index in [4.69, 9.17) is 0 Å². The molecule has 0 spiro atoms. The zero-order valence-electron chi connectivity index (χ0n) is 16.2. The first-order valence-electron chi connectivity index (χ1n) is 9.11. The van der Waals surface area contributed by atoms with E-state index in [1.807, 2.05) is 6.92 Å². The highest BCUT2D eigenvalue weighted by molar-refractivity contribution is 7.89. The average molecular weight is 404 g/mol. The maximum absolute atomic E-state index is 12.9. The van der Waals surface area contributed by atoms with E-state index in [2.05, 4.69) is 10.4 Å². The first-order chi connectivity index (χ1) is 13.2. The third kappa shape index (κ3) is 4.15. The maximum atomic E-state index is 12.9. The molecule has 1 saturated heterocycles. The highest BCUT2D eigenvalue weighted by atomic mass is 32.2. The van der Waals surface area contributed by atoms with E-state index in [1.54, 1.807) is 29.9 Å². The van der Waals surface area contributed by atoms with E-state index in [0.717, 1.165) is 5.69 Å². The van der Waals surface area contributed by atoms with Crippen molar-refractivity contribution in [3.05, 3.63) is 41.6 Å². The number of aryl methyl sites for hydroxylation is 2. The lowest BCUT2D eigenvalue weighted by molar-refractivity contribution is -0.121. The summed E-state index contributed by atoms with van der Waals surface area (Å²) in [7, 11) is -1.94. The van der Waals surface area contributed by atoms with Crippen LogP contribution in [0, 0.1) is 12.8 Å². The summed E-state index contributed by atoms with van der Waals surface area (Å²) in [5.41, 5.74) is 1.17. The molecule has 8 nitrogen and oxygen atoms in total. The normalized spacial score (nSPS) is 16.1. The summed E-state index contributed by atoms with van der Waals surface area (Å²) in [6, 6.07) is 7.85. The zero-order chi connectivity index (χ0) is 20.5. The molecule has 2 heterocycles. The number of nitrogens with one attached hydrogen (secondary N) is 1. The largest absolute Gasteiger partial charge is 0.311 e. The van der Waals surface area contributed by atoms with Crippen LogP contribution < -0.4 is 5.32 Å². The van der Waals surface area contributed by atoms with Crippen LogP contribution in [-0.4, -0.2) is 47.3 Å². The number of carbonyl (C=O) groups is 2. The summed E-state index contributed by atoms with van der Waals surface area (Å²) in [5, 5.41) is 7.06. The van der Waals surface area contributed by atoms with Crippen molar-refractivity contribution in [1.82, 2.24) is 14.1 Å². The topological polar surface area (TPSA) is 101 Å². The van der Waals surface area contributed by atoms with Gasteiger partial charge in [0.1, 0.15) is 5.82 Å². The van der Waals surface area contributed by atoms with E-state index in [9.17, 15) is 18.0 Å². The van der Waals surface area contributed by atoms with Gasteiger partial charge in [0.05, 0.1) is 10.6 Å². The van der Waals surface area contributed by atoms with Gasteiger partial charge in [0.2, 0.25) is 15.9 Å². The highest BCUT2D eigenvalue weighted by Gasteiger charge is 2.32. The quantitative estimate of drug-likeness (QED) is 0.768. The molecule has 150 valence electrons. The smallest absolute Gasteiger partial charge is 0.243 e. The van der Waals surface area contributed by atoms with Gasteiger partial charge in [-0.15, -0.1) is 0 Å². The molecule has 1 aliphatic heterocycles. The monoisotopic (exact) mass is 404 g/mol. The fourth-order valence-electron chi connectivity index (χ4n) is 3.34. The second kappa shape index (κ2) is 7.84. The van der Waals surface area contributed by atoms with Crippen molar-refractivity contribution in [3.8, 4) is 0 Å². The predicted molar refractivity (Wildman–Crippen MR) is 105 cm³/mol. The van der Waals surface area contributed by atoms with Crippen LogP contribution in [0.4, 0.5) is 5.82 Å². The molecule has 0 aliphatic carbocycles. The van der Waals surface area contributed by atoms with Gasteiger partial charge in [-0.3, -0.25) is 14.3 Å². The Hall–Kier alpha value is -2.52. The second-order valence-corrected chi connectivity index (χ2v) is 8.98. The Morgan fingerprint density at radius 3 is 2.43 bits per heavy atom. The van der Waals surface area contributed by atoms with Crippen molar-refractivity contribution in [2.45, 2.75) is 31.6 Å². The number of hydrogen-bond acceptors (Lipinski definition) is 5. The van der Waals surface area contributed by atoms with Gasteiger partial charge in [0, 0.05) is 37.7 Å². The summed E-state index contributed by atoms with van der Waals surface area (Å²) >= 11 is 0. The third-order valence-electron chi connectivity index (χ3n) is 4.96. The van der Waals surface area contributed by atoms with E-state index >= 15 is 0 Å². The molecule has 1 aliphatic rings. The van der Waals surface area contributed by atoms with Gasteiger partial charge in [-0.05, 0) is 38.8 Å². The standard InChI is InChI=1S/C19H24N4O4S/c1-13-11-18(22(3)21-13)20-19(25)15-7-9-23(10-8-15)28(26,27)17-6-4-5-16(12-17)14(2)24/h4-6,11-12,15H,7-10H2,1-3H3,(H,20,25). The van der Waals surface area contributed by atoms with Crippen LogP contribution in [0.2, 0.25) is 0 Å². The molecule has 0 bridgehead atoms. The molecule has 1 N–H and O–H groups in total. The number of benzene rings is 1. The summed E-state index contributed by atoms with van der Waals surface area (Å²) in [6.07, 6.45) is 0.878. The number of anilines is 1. The van der Waals surface area contributed by atoms with Gasteiger partial charge >= 0.3 is 0 Å². The van der Waals surface area contributed by atoms with Gasteiger partial charge in [0.25, 0.3) is 0 Å². The van der Waals surface area contributed by atoms with Crippen LogP contribution in [0.15, 0.2) is 35.2 Å². The molecule has 28 heavy (non-hydrogen) atoms. The fourth-order valence-corrected chi connectivity index (χ4v) is 4.85. The average Bonchev–Trinajstić information content (AvgIpc) is 2.98. The van der Waals surface area contributed by atoms with Crippen LogP contribution >= 0.6 is 0 Å². The van der Waals surface area contributed by atoms with Gasteiger partial charge in [-0.1, -0.05) is 12.1 Å². The first-order valence-corrected chi connectivity index (χ1v) is 10.5. The lowest BCUT2D eigenvalue weighted by Gasteiger charge is -2.30. The summed E-state index contributed by atoms with van der Waals surface area (Å²) in [5.74, 6) is 0.0558. The molecule has 1 aromatic heterocycles. The molecule has 3 rings (SSSR count). The number of carbonyl (C=O) groups excluding carboxylic acids is 2. The van der Waals surface area contributed by atoms with Gasteiger partial charge < -0.3 is 5.32 Å². The number of sulfonamides is 1. The van der Waals surface area contributed by atoms with Gasteiger partial charge in [-0.25, -0.2) is 8.42 Å². The van der Waals surface area contributed by atoms with Crippen LogP contribution in [0.5, 0.6) is 0 Å². The predicted octanol–water partition coefficient (Wildman–Crippen LogP) is 1.97.